The van der Waals surface area contributed by atoms with Crippen LogP contribution in [0.25, 0.3) is 0 Å². The zero-order chi connectivity index (χ0) is 13.4. The summed E-state index contributed by atoms with van der Waals surface area (Å²) in [7, 11) is 0. The number of carboxylic acid groups (broad SMARTS) is 1. The van der Waals surface area contributed by atoms with E-state index < -0.39 is 12.0 Å². The molecule has 18 heavy (non-hydrogen) atoms. The molecule has 98 valence electrons. The van der Waals surface area contributed by atoms with Gasteiger partial charge in [0.05, 0.1) is 0 Å². The van der Waals surface area contributed by atoms with Crippen molar-refractivity contribution in [3.63, 3.8) is 0 Å². The number of carboxylic acids is 1. The summed E-state index contributed by atoms with van der Waals surface area (Å²) in [4.78, 5) is 35.0. The molecule has 2 atom stereocenters. The first-order valence-corrected chi connectivity index (χ1v) is 7.26. The standard InChI is InChI=1S/C10H12N2O4S2/c1-4(13)17-2-5-3-18-9-6(11)8(14)12(9)7(5)10(15)16/h6,9H,2-3,11H2,1H3,(H,15,16)/t6?,9-/m1/s1. The third kappa shape index (κ3) is 2.15. The van der Waals surface area contributed by atoms with Crippen LogP contribution in [0, 0.1) is 0 Å². The number of fused-ring (bicyclic) bond motifs is 1. The van der Waals surface area contributed by atoms with E-state index in [0.29, 0.717) is 17.1 Å². The van der Waals surface area contributed by atoms with E-state index in [0.717, 1.165) is 11.8 Å². The third-order valence-corrected chi connectivity index (χ3v) is 5.00. The van der Waals surface area contributed by atoms with Crippen LogP contribution in [0.4, 0.5) is 0 Å². The molecular formula is C10H12N2O4S2. The number of hydrogen-bond donors (Lipinski definition) is 2. The molecule has 3 N–H and O–H groups in total. The molecule has 0 saturated carbocycles. The largest absolute Gasteiger partial charge is 0.477 e. The Hall–Kier alpha value is -0.990. The average molecular weight is 288 g/mol. The summed E-state index contributed by atoms with van der Waals surface area (Å²) in [6.07, 6.45) is 0. The summed E-state index contributed by atoms with van der Waals surface area (Å²) in [5.41, 5.74) is 6.22. The van der Waals surface area contributed by atoms with Crippen molar-refractivity contribution in [2.45, 2.75) is 18.3 Å². The van der Waals surface area contributed by atoms with Crippen LogP contribution in [-0.4, -0.2) is 49.9 Å². The van der Waals surface area contributed by atoms with Crippen LogP contribution in [-0.2, 0) is 14.4 Å². The van der Waals surface area contributed by atoms with Crippen LogP contribution >= 0.6 is 23.5 Å². The maximum atomic E-state index is 11.6. The van der Waals surface area contributed by atoms with Gasteiger partial charge in [-0.1, -0.05) is 11.8 Å². The topological polar surface area (TPSA) is 101 Å². The minimum atomic E-state index is -1.14. The van der Waals surface area contributed by atoms with Crippen molar-refractivity contribution >= 4 is 40.5 Å². The van der Waals surface area contributed by atoms with Crippen molar-refractivity contribution in [2.24, 2.45) is 5.73 Å². The zero-order valence-electron chi connectivity index (χ0n) is 9.58. The number of β-lactam (4-membered cyclic amide) rings is 1. The Bertz CT molecular complexity index is 463. The van der Waals surface area contributed by atoms with Crippen molar-refractivity contribution in [3.8, 4) is 0 Å². The van der Waals surface area contributed by atoms with Crippen LogP contribution in [0.5, 0.6) is 0 Å². The molecule has 1 amide bonds. The molecule has 1 unspecified atom stereocenters. The summed E-state index contributed by atoms with van der Waals surface area (Å²) in [6, 6.07) is -0.619. The number of carbonyl (C=O) groups is 3. The van der Waals surface area contributed by atoms with E-state index in [4.69, 9.17) is 5.73 Å². The van der Waals surface area contributed by atoms with Gasteiger partial charge >= 0.3 is 5.97 Å². The van der Waals surface area contributed by atoms with Gasteiger partial charge in [-0.2, -0.15) is 0 Å². The highest BCUT2D eigenvalue weighted by molar-refractivity contribution is 8.13. The van der Waals surface area contributed by atoms with Gasteiger partial charge in [0, 0.05) is 18.4 Å². The smallest absolute Gasteiger partial charge is 0.352 e. The van der Waals surface area contributed by atoms with Gasteiger partial charge < -0.3 is 10.8 Å². The van der Waals surface area contributed by atoms with E-state index in [9.17, 15) is 19.5 Å². The van der Waals surface area contributed by atoms with Gasteiger partial charge in [-0.25, -0.2) is 4.79 Å². The first kappa shape index (κ1) is 13.4. The van der Waals surface area contributed by atoms with Crippen molar-refractivity contribution in [3.05, 3.63) is 11.3 Å². The molecule has 0 aromatic heterocycles. The molecule has 1 saturated heterocycles. The summed E-state index contributed by atoms with van der Waals surface area (Å²) < 4.78 is 0. The molecule has 2 heterocycles. The molecule has 1 fully saturated rings. The first-order valence-electron chi connectivity index (χ1n) is 5.22. The van der Waals surface area contributed by atoms with Crippen molar-refractivity contribution in [1.82, 2.24) is 4.90 Å². The molecule has 8 heteroatoms. The fourth-order valence-corrected chi connectivity index (χ4v) is 3.92. The van der Waals surface area contributed by atoms with Crippen molar-refractivity contribution in [2.75, 3.05) is 11.5 Å². The number of rotatable bonds is 3. The highest BCUT2D eigenvalue weighted by Crippen LogP contribution is 2.40. The van der Waals surface area contributed by atoms with Gasteiger partial charge in [0.2, 0.25) is 5.91 Å². The second-order valence-electron chi connectivity index (χ2n) is 3.97. The molecule has 0 radical (unpaired) electrons. The van der Waals surface area contributed by atoms with Gasteiger partial charge in [0.25, 0.3) is 0 Å². The van der Waals surface area contributed by atoms with Crippen LogP contribution < -0.4 is 5.73 Å². The lowest BCUT2D eigenvalue weighted by molar-refractivity contribution is -0.147. The maximum absolute atomic E-state index is 11.6. The highest BCUT2D eigenvalue weighted by atomic mass is 32.2. The van der Waals surface area contributed by atoms with Crippen molar-refractivity contribution < 1.29 is 19.5 Å². The Balaban J connectivity index is 2.26. The fraction of sp³-hybridized carbons (Fsp3) is 0.500. The Morgan fingerprint density at radius 1 is 1.61 bits per heavy atom. The van der Waals surface area contributed by atoms with Gasteiger partial charge in [-0.15, -0.1) is 11.8 Å². The van der Waals surface area contributed by atoms with Crippen LogP contribution in [0.1, 0.15) is 6.92 Å². The quantitative estimate of drug-likeness (QED) is 0.696. The third-order valence-electron chi connectivity index (χ3n) is 2.74. The Morgan fingerprint density at radius 2 is 2.28 bits per heavy atom. The van der Waals surface area contributed by atoms with E-state index in [1.807, 2.05) is 0 Å². The SMILES string of the molecule is CC(=O)SCC1=C(C(=O)O)N2C(=O)C(N)[C@H]2SC1. The number of nitrogens with zero attached hydrogens (tertiary/aromatic N) is 1. The molecule has 2 aliphatic rings. The maximum Gasteiger partial charge on any atom is 0.352 e. The van der Waals surface area contributed by atoms with Crippen LogP contribution in [0.2, 0.25) is 0 Å². The second kappa shape index (κ2) is 4.94. The highest BCUT2D eigenvalue weighted by Gasteiger charge is 2.51. The van der Waals surface area contributed by atoms with E-state index in [1.54, 1.807) is 0 Å². The normalized spacial score (nSPS) is 26.8. The second-order valence-corrected chi connectivity index (χ2v) is 6.23. The number of hydrogen-bond acceptors (Lipinski definition) is 6. The molecule has 0 spiro atoms. The van der Waals surface area contributed by atoms with E-state index in [1.165, 1.54) is 23.6 Å². The predicted molar refractivity (Wildman–Crippen MR) is 68.9 cm³/mol. The van der Waals surface area contributed by atoms with Crippen LogP contribution in [0.15, 0.2) is 11.3 Å². The average Bonchev–Trinajstić information content (AvgIpc) is 2.33. The molecular weight excluding hydrogens is 276 g/mol. The lowest BCUT2D eigenvalue weighted by Gasteiger charge is -2.48. The van der Waals surface area contributed by atoms with E-state index >= 15 is 0 Å². The molecule has 0 aromatic rings. The monoisotopic (exact) mass is 288 g/mol. The zero-order valence-corrected chi connectivity index (χ0v) is 11.2. The Kier molecular flexibility index (Phi) is 3.69. The lowest BCUT2D eigenvalue weighted by atomic mass is 10.0. The van der Waals surface area contributed by atoms with E-state index in [-0.39, 0.29) is 22.1 Å². The van der Waals surface area contributed by atoms with Crippen molar-refractivity contribution in [1.29, 1.82) is 0 Å². The molecule has 0 aliphatic carbocycles. The summed E-state index contributed by atoms with van der Waals surface area (Å²) >= 11 is 2.49. The minimum absolute atomic E-state index is 0.000741. The van der Waals surface area contributed by atoms with E-state index in [2.05, 4.69) is 0 Å². The van der Waals surface area contributed by atoms with Crippen LogP contribution in [0.3, 0.4) is 0 Å². The molecule has 2 rings (SSSR count). The van der Waals surface area contributed by atoms with Gasteiger partial charge in [0.15, 0.2) is 5.12 Å². The number of nitrogens with two attached hydrogens (primary N) is 1. The Labute approximate surface area is 112 Å². The summed E-state index contributed by atoms with van der Waals surface area (Å²) in [5.74, 6) is -0.714. The summed E-state index contributed by atoms with van der Waals surface area (Å²) in [5, 5.41) is 8.84. The minimum Gasteiger partial charge on any atom is -0.477 e. The first-order chi connectivity index (χ1) is 8.43. The molecule has 6 nitrogen and oxygen atoms in total. The number of aliphatic carboxylic acids is 1. The number of carbonyl (C=O) groups excluding carboxylic acids is 2. The predicted octanol–water partition coefficient (Wildman–Crippen LogP) is -0.153. The molecule has 0 aromatic carbocycles. The number of amides is 1. The number of thioether (sulfide) groups is 2. The molecule has 2 aliphatic heterocycles. The van der Waals surface area contributed by atoms with Gasteiger partial charge in [-0.3, -0.25) is 14.5 Å². The lowest BCUT2D eigenvalue weighted by Crippen LogP contribution is -2.68. The van der Waals surface area contributed by atoms with Gasteiger partial charge in [0.1, 0.15) is 17.1 Å². The fourth-order valence-electron chi connectivity index (χ4n) is 1.88. The molecule has 0 bridgehead atoms. The summed E-state index contributed by atoms with van der Waals surface area (Å²) in [6.45, 7) is 1.43. The van der Waals surface area contributed by atoms with Gasteiger partial charge in [-0.05, 0) is 5.57 Å². The Morgan fingerprint density at radius 3 is 2.83 bits per heavy atom.